The molecule has 0 aliphatic carbocycles. The Balaban J connectivity index is 1.39. The number of piperidine rings is 1. The fourth-order valence-corrected chi connectivity index (χ4v) is 3.92. The van der Waals surface area contributed by atoms with Gasteiger partial charge in [-0.05, 0) is 43.5 Å². The molecule has 142 valence electrons. The molecule has 1 aliphatic rings. The van der Waals surface area contributed by atoms with E-state index in [1.54, 1.807) is 16.7 Å². The van der Waals surface area contributed by atoms with Gasteiger partial charge in [0.15, 0.2) is 0 Å². The van der Waals surface area contributed by atoms with Gasteiger partial charge >= 0.3 is 6.03 Å². The van der Waals surface area contributed by atoms with Crippen molar-refractivity contribution in [1.82, 2.24) is 10.2 Å². The highest BCUT2D eigenvalue weighted by Crippen LogP contribution is 2.21. The van der Waals surface area contributed by atoms with Gasteiger partial charge in [-0.2, -0.15) is 0 Å². The lowest BCUT2D eigenvalue weighted by molar-refractivity contribution is -0.119. The molecule has 0 atom stereocenters. The summed E-state index contributed by atoms with van der Waals surface area (Å²) in [6.45, 7) is 3.35. The molecule has 1 saturated heterocycles. The van der Waals surface area contributed by atoms with Crippen LogP contribution in [0.4, 0.5) is 10.5 Å². The number of benzene rings is 2. The van der Waals surface area contributed by atoms with E-state index < -0.39 is 0 Å². The molecule has 0 bridgehead atoms. The van der Waals surface area contributed by atoms with Crippen molar-refractivity contribution < 1.29 is 9.59 Å². The normalized spacial score (nSPS) is 14.6. The third-order valence-corrected chi connectivity index (χ3v) is 5.80. The summed E-state index contributed by atoms with van der Waals surface area (Å²) < 4.78 is 0. The summed E-state index contributed by atoms with van der Waals surface area (Å²) >= 11 is 1.56. The first-order chi connectivity index (χ1) is 13.1. The van der Waals surface area contributed by atoms with Crippen molar-refractivity contribution in [3.8, 4) is 0 Å². The maximum Gasteiger partial charge on any atom is 0.321 e. The predicted octanol–water partition coefficient (Wildman–Crippen LogP) is 3.90. The summed E-state index contributed by atoms with van der Waals surface area (Å²) in [5.74, 6) is 0.468. The largest absolute Gasteiger partial charge is 0.353 e. The smallest absolute Gasteiger partial charge is 0.321 e. The molecule has 1 aliphatic heterocycles. The average molecular weight is 384 g/mol. The summed E-state index contributed by atoms with van der Waals surface area (Å²) in [6.07, 6.45) is 1.56. The molecule has 0 spiro atoms. The molecular formula is C21H25N3O2S. The number of urea groups is 1. The number of rotatable bonds is 5. The zero-order chi connectivity index (χ0) is 19.1. The van der Waals surface area contributed by atoms with E-state index >= 15 is 0 Å². The SMILES string of the molecule is Cc1ccccc1SCC(=O)NC1CCN(C(=O)Nc2ccccc2)CC1. The van der Waals surface area contributed by atoms with Gasteiger partial charge in [0.1, 0.15) is 0 Å². The molecule has 2 aromatic rings. The van der Waals surface area contributed by atoms with Crippen molar-refractivity contribution >= 4 is 29.4 Å². The van der Waals surface area contributed by atoms with Crippen LogP contribution in [-0.4, -0.2) is 41.7 Å². The highest BCUT2D eigenvalue weighted by atomic mass is 32.2. The minimum Gasteiger partial charge on any atom is -0.353 e. The van der Waals surface area contributed by atoms with Crippen LogP contribution in [0.2, 0.25) is 0 Å². The fraction of sp³-hybridized carbons (Fsp3) is 0.333. The van der Waals surface area contributed by atoms with E-state index in [9.17, 15) is 9.59 Å². The molecule has 3 rings (SSSR count). The third-order valence-electron chi connectivity index (χ3n) is 4.62. The minimum atomic E-state index is -0.0823. The molecule has 0 unspecified atom stereocenters. The molecule has 6 heteroatoms. The van der Waals surface area contributed by atoms with Crippen molar-refractivity contribution in [1.29, 1.82) is 0 Å². The van der Waals surface area contributed by atoms with E-state index in [4.69, 9.17) is 0 Å². The van der Waals surface area contributed by atoms with Crippen molar-refractivity contribution in [3.63, 3.8) is 0 Å². The Bertz CT molecular complexity index is 774. The molecule has 0 saturated carbocycles. The second-order valence-corrected chi connectivity index (χ2v) is 7.70. The van der Waals surface area contributed by atoms with Crippen molar-refractivity contribution in [2.75, 3.05) is 24.2 Å². The van der Waals surface area contributed by atoms with E-state index in [0.29, 0.717) is 18.8 Å². The molecule has 0 radical (unpaired) electrons. The van der Waals surface area contributed by atoms with Gasteiger partial charge in [0.05, 0.1) is 5.75 Å². The lowest BCUT2D eigenvalue weighted by atomic mass is 10.1. The number of amides is 3. The van der Waals surface area contributed by atoms with Crippen LogP contribution in [0.5, 0.6) is 0 Å². The van der Waals surface area contributed by atoms with E-state index in [-0.39, 0.29) is 18.0 Å². The Morgan fingerprint density at radius 2 is 1.70 bits per heavy atom. The number of hydrogen-bond donors (Lipinski definition) is 2. The molecule has 27 heavy (non-hydrogen) atoms. The molecule has 1 fully saturated rings. The van der Waals surface area contributed by atoms with E-state index in [1.165, 1.54) is 5.56 Å². The van der Waals surface area contributed by atoms with Crippen LogP contribution in [0, 0.1) is 6.92 Å². The topological polar surface area (TPSA) is 61.4 Å². The first-order valence-corrected chi connectivity index (χ1v) is 10.2. The van der Waals surface area contributed by atoms with Gasteiger partial charge in [-0.3, -0.25) is 4.79 Å². The maximum atomic E-state index is 12.3. The Labute approximate surface area is 164 Å². The summed E-state index contributed by atoms with van der Waals surface area (Å²) in [4.78, 5) is 27.5. The molecule has 3 amide bonds. The number of para-hydroxylation sites is 1. The van der Waals surface area contributed by atoms with Crippen LogP contribution < -0.4 is 10.6 Å². The second kappa shape index (κ2) is 9.46. The standard InChI is InChI=1S/C21H25N3O2S/c1-16-7-5-6-10-19(16)27-15-20(25)22-18-11-13-24(14-12-18)21(26)23-17-8-3-2-4-9-17/h2-10,18H,11-15H2,1H3,(H,22,25)(H,23,26). The van der Waals surface area contributed by atoms with E-state index in [2.05, 4.69) is 23.6 Å². The monoisotopic (exact) mass is 383 g/mol. The van der Waals surface area contributed by atoms with Gasteiger partial charge in [0.25, 0.3) is 0 Å². The van der Waals surface area contributed by atoms with Crippen LogP contribution >= 0.6 is 11.8 Å². The predicted molar refractivity (Wildman–Crippen MR) is 110 cm³/mol. The number of likely N-dealkylation sites (tertiary alicyclic amines) is 1. The molecule has 2 aromatic carbocycles. The first kappa shape index (κ1) is 19.3. The molecule has 1 heterocycles. The van der Waals surface area contributed by atoms with E-state index in [1.807, 2.05) is 48.5 Å². The van der Waals surface area contributed by atoms with Gasteiger partial charge in [-0.1, -0.05) is 36.4 Å². The lowest BCUT2D eigenvalue weighted by Crippen LogP contribution is -2.48. The molecule has 2 N–H and O–H groups in total. The molecular weight excluding hydrogens is 358 g/mol. The molecule has 0 aromatic heterocycles. The molecule has 5 nitrogen and oxygen atoms in total. The van der Waals surface area contributed by atoms with Crippen molar-refractivity contribution in [3.05, 3.63) is 60.2 Å². The Hall–Kier alpha value is -2.47. The van der Waals surface area contributed by atoms with Crippen LogP contribution in [0.15, 0.2) is 59.5 Å². The number of carbonyl (C=O) groups excluding carboxylic acids is 2. The number of carbonyl (C=O) groups is 2. The quantitative estimate of drug-likeness (QED) is 0.770. The number of hydrogen-bond acceptors (Lipinski definition) is 3. The Kier molecular flexibility index (Phi) is 6.76. The van der Waals surface area contributed by atoms with Gasteiger partial charge in [-0.25, -0.2) is 4.79 Å². The summed E-state index contributed by atoms with van der Waals surface area (Å²) in [5.41, 5.74) is 1.99. The number of anilines is 1. The summed E-state index contributed by atoms with van der Waals surface area (Å²) in [7, 11) is 0. The van der Waals surface area contributed by atoms with Crippen molar-refractivity contribution in [2.45, 2.75) is 30.7 Å². The van der Waals surface area contributed by atoms with Gasteiger partial charge in [0, 0.05) is 29.7 Å². The van der Waals surface area contributed by atoms with E-state index in [0.717, 1.165) is 23.4 Å². The number of nitrogens with zero attached hydrogens (tertiary/aromatic N) is 1. The third kappa shape index (κ3) is 5.76. The maximum absolute atomic E-state index is 12.3. The minimum absolute atomic E-state index is 0.0513. The number of thioether (sulfide) groups is 1. The highest BCUT2D eigenvalue weighted by molar-refractivity contribution is 8.00. The summed E-state index contributed by atoms with van der Waals surface area (Å²) in [5, 5.41) is 6.01. The van der Waals surface area contributed by atoms with Crippen molar-refractivity contribution in [2.24, 2.45) is 0 Å². The second-order valence-electron chi connectivity index (χ2n) is 6.68. The number of aryl methyl sites for hydroxylation is 1. The average Bonchev–Trinajstić information content (AvgIpc) is 2.69. The van der Waals surface area contributed by atoms with Crippen LogP contribution in [0.25, 0.3) is 0 Å². The zero-order valence-electron chi connectivity index (χ0n) is 15.5. The first-order valence-electron chi connectivity index (χ1n) is 9.20. The summed E-state index contributed by atoms with van der Waals surface area (Å²) in [6, 6.07) is 17.6. The Morgan fingerprint density at radius 1 is 1.04 bits per heavy atom. The van der Waals surface area contributed by atoms with Crippen LogP contribution in [-0.2, 0) is 4.79 Å². The highest BCUT2D eigenvalue weighted by Gasteiger charge is 2.23. The fourth-order valence-electron chi connectivity index (χ4n) is 3.08. The van der Waals surface area contributed by atoms with Crippen LogP contribution in [0.3, 0.4) is 0 Å². The van der Waals surface area contributed by atoms with Gasteiger partial charge < -0.3 is 15.5 Å². The van der Waals surface area contributed by atoms with Gasteiger partial charge in [-0.15, -0.1) is 11.8 Å². The zero-order valence-corrected chi connectivity index (χ0v) is 16.3. The number of nitrogens with one attached hydrogen (secondary N) is 2. The lowest BCUT2D eigenvalue weighted by Gasteiger charge is -2.32. The van der Waals surface area contributed by atoms with Gasteiger partial charge in [0.2, 0.25) is 5.91 Å². The Morgan fingerprint density at radius 3 is 2.41 bits per heavy atom. The van der Waals surface area contributed by atoms with Crippen LogP contribution in [0.1, 0.15) is 18.4 Å².